The van der Waals surface area contributed by atoms with Crippen LogP contribution in [0.2, 0.25) is 5.15 Å². The van der Waals surface area contributed by atoms with Gasteiger partial charge in [-0.25, -0.2) is 9.97 Å². The largest absolute Gasteiger partial charge is 0.494 e. The second kappa shape index (κ2) is 10.8. The van der Waals surface area contributed by atoms with Gasteiger partial charge in [0.1, 0.15) is 16.5 Å². The van der Waals surface area contributed by atoms with Gasteiger partial charge in [0.05, 0.1) is 56.8 Å². The van der Waals surface area contributed by atoms with Crippen molar-refractivity contribution in [2.45, 2.75) is 20.0 Å². The zero-order valence-electron chi connectivity index (χ0n) is 21.4. The summed E-state index contributed by atoms with van der Waals surface area (Å²) in [5, 5.41) is 3.56. The third-order valence-corrected chi connectivity index (χ3v) is 7.26. The molecule has 13 heteroatoms. The average molecular weight is 567 g/mol. The van der Waals surface area contributed by atoms with Crippen molar-refractivity contribution >= 4 is 39.9 Å². The normalized spacial score (nSPS) is 12.2. The Morgan fingerprint density at radius 1 is 0.974 bits per heavy atom. The number of anilines is 1. The maximum Gasteiger partial charge on any atom is 0.260 e. The number of nitrogens with zero attached hydrogens (tertiary/aromatic N) is 5. The lowest BCUT2D eigenvalue weighted by Crippen LogP contribution is -2.26. The van der Waals surface area contributed by atoms with Crippen LogP contribution in [0, 0.1) is 6.92 Å². The van der Waals surface area contributed by atoms with Crippen molar-refractivity contribution in [3.05, 3.63) is 69.2 Å². The van der Waals surface area contributed by atoms with Gasteiger partial charge in [-0.3, -0.25) is 19.9 Å². The van der Waals surface area contributed by atoms with Crippen LogP contribution in [0.15, 0.2) is 36.7 Å². The van der Waals surface area contributed by atoms with Crippen LogP contribution < -0.4 is 19.5 Å². The van der Waals surface area contributed by atoms with Gasteiger partial charge < -0.3 is 19.1 Å². The fourth-order valence-corrected chi connectivity index (χ4v) is 5.32. The van der Waals surface area contributed by atoms with Gasteiger partial charge in [-0.2, -0.15) is 4.98 Å². The van der Waals surface area contributed by atoms with Crippen molar-refractivity contribution in [1.82, 2.24) is 24.8 Å². The Kier molecular flexibility index (Phi) is 7.31. The molecule has 0 spiro atoms. The second-order valence-electron chi connectivity index (χ2n) is 8.49. The van der Waals surface area contributed by atoms with E-state index in [0.29, 0.717) is 57.8 Å². The van der Waals surface area contributed by atoms with Gasteiger partial charge in [-0.05, 0) is 25.1 Å². The standard InChI is InChI=1S/C26H23ClN6O5S/c1-13-7-15(16-8-21(27)29-10-19(16)36-2)17(9-28-13)23(34)32-26-30-18-11-33(12-20(18)39-26)25(35)14-5-6-22(37-3)31-24(14)38-4/h5-10H,11-12H2,1-4H3,(H,30,32,34). The number of carbonyl (C=O) groups is 2. The second-order valence-corrected chi connectivity index (χ2v) is 9.96. The first-order valence-corrected chi connectivity index (χ1v) is 12.9. The number of aryl methyl sites for hydroxylation is 1. The highest BCUT2D eigenvalue weighted by molar-refractivity contribution is 7.16. The smallest absolute Gasteiger partial charge is 0.260 e. The molecule has 0 aromatic carbocycles. The van der Waals surface area contributed by atoms with E-state index in [-0.39, 0.29) is 22.8 Å². The Hall–Kier alpha value is -4.29. The number of carbonyl (C=O) groups excluding carboxylic acids is 2. The van der Waals surface area contributed by atoms with Crippen LogP contribution in [-0.2, 0) is 13.1 Å². The lowest BCUT2D eigenvalue weighted by Gasteiger charge is -2.17. The Morgan fingerprint density at radius 2 is 1.79 bits per heavy atom. The third kappa shape index (κ3) is 5.20. The molecule has 1 aliphatic rings. The number of hydrogen-bond acceptors (Lipinski definition) is 10. The number of amides is 2. The molecule has 1 aliphatic heterocycles. The first kappa shape index (κ1) is 26.3. The van der Waals surface area contributed by atoms with Crippen molar-refractivity contribution in [1.29, 1.82) is 0 Å². The number of fused-ring (bicyclic) bond motifs is 1. The van der Waals surface area contributed by atoms with E-state index in [0.717, 1.165) is 10.6 Å². The Morgan fingerprint density at radius 3 is 2.51 bits per heavy atom. The molecule has 1 N–H and O–H groups in total. The number of nitrogens with one attached hydrogen (secondary N) is 1. The molecular weight excluding hydrogens is 544 g/mol. The van der Waals surface area contributed by atoms with E-state index in [4.69, 9.17) is 25.8 Å². The van der Waals surface area contributed by atoms with E-state index in [1.54, 1.807) is 29.2 Å². The number of methoxy groups -OCH3 is 3. The van der Waals surface area contributed by atoms with Gasteiger partial charge in [0.25, 0.3) is 11.8 Å². The van der Waals surface area contributed by atoms with Crippen molar-refractivity contribution < 1.29 is 23.8 Å². The average Bonchev–Trinajstić information content (AvgIpc) is 3.51. The fraction of sp³-hybridized carbons (Fsp3) is 0.231. The molecule has 11 nitrogen and oxygen atoms in total. The van der Waals surface area contributed by atoms with E-state index >= 15 is 0 Å². The van der Waals surface area contributed by atoms with Crippen molar-refractivity contribution in [3.8, 4) is 28.6 Å². The zero-order valence-corrected chi connectivity index (χ0v) is 23.0. The number of pyridine rings is 3. The summed E-state index contributed by atoms with van der Waals surface area (Å²) in [5.74, 6) is 0.384. The summed E-state index contributed by atoms with van der Waals surface area (Å²) in [6, 6.07) is 6.66. The number of halogens is 1. The molecule has 0 saturated carbocycles. The zero-order chi connectivity index (χ0) is 27.7. The highest BCUT2D eigenvalue weighted by atomic mass is 35.5. The van der Waals surface area contributed by atoms with E-state index in [1.165, 1.54) is 45.1 Å². The van der Waals surface area contributed by atoms with Crippen LogP contribution in [-0.4, -0.2) is 58.0 Å². The van der Waals surface area contributed by atoms with E-state index < -0.39 is 0 Å². The number of rotatable bonds is 7. The predicted octanol–water partition coefficient (Wildman–Crippen LogP) is 4.39. The minimum Gasteiger partial charge on any atom is -0.494 e. The first-order chi connectivity index (χ1) is 18.8. The molecule has 0 unspecified atom stereocenters. The van der Waals surface area contributed by atoms with Gasteiger partial charge >= 0.3 is 0 Å². The van der Waals surface area contributed by atoms with Gasteiger partial charge in [0.2, 0.25) is 11.8 Å². The summed E-state index contributed by atoms with van der Waals surface area (Å²) in [5.41, 5.74) is 3.31. The topological polar surface area (TPSA) is 129 Å². The molecule has 2 amide bonds. The molecule has 0 bridgehead atoms. The minimum atomic E-state index is -0.387. The maximum absolute atomic E-state index is 13.3. The van der Waals surface area contributed by atoms with E-state index in [2.05, 4.69) is 25.3 Å². The lowest BCUT2D eigenvalue weighted by atomic mass is 10.0. The first-order valence-electron chi connectivity index (χ1n) is 11.7. The monoisotopic (exact) mass is 566 g/mol. The van der Waals surface area contributed by atoms with Crippen molar-refractivity contribution in [2.24, 2.45) is 0 Å². The van der Waals surface area contributed by atoms with Crippen LogP contribution in [0.25, 0.3) is 11.1 Å². The molecule has 0 saturated heterocycles. The van der Waals surface area contributed by atoms with Gasteiger partial charge in [0.15, 0.2) is 5.13 Å². The summed E-state index contributed by atoms with van der Waals surface area (Å²) >= 11 is 7.45. The highest BCUT2D eigenvalue weighted by Crippen LogP contribution is 2.36. The minimum absolute atomic E-state index is 0.185. The number of ether oxygens (including phenoxy) is 3. The fourth-order valence-electron chi connectivity index (χ4n) is 4.18. The molecule has 4 aromatic rings. The molecular formula is C26H23ClN6O5S. The van der Waals surface area contributed by atoms with Crippen LogP contribution in [0.3, 0.4) is 0 Å². The van der Waals surface area contributed by atoms with Crippen molar-refractivity contribution in [3.63, 3.8) is 0 Å². The number of hydrogen-bond donors (Lipinski definition) is 1. The molecule has 0 radical (unpaired) electrons. The molecule has 4 aromatic heterocycles. The summed E-state index contributed by atoms with van der Waals surface area (Å²) in [7, 11) is 4.46. The predicted molar refractivity (Wildman–Crippen MR) is 145 cm³/mol. The lowest BCUT2D eigenvalue weighted by molar-refractivity contribution is 0.0746. The van der Waals surface area contributed by atoms with Crippen LogP contribution >= 0.6 is 22.9 Å². The summed E-state index contributed by atoms with van der Waals surface area (Å²) in [6.45, 7) is 2.47. The Balaban J connectivity index is 1.35. The Labute approximate surface area is 232 Å². The molecule has 200 valence electrons. The summed E-state index contributed by atoms with van der Waals surface area (Å²) in [6.07, 6.45) is 3.01. The van der Waals surface area contributed by atoms with Crippen molar-refractivity contribution in [2.75, 3.05) is 26.6 Å². The van der Waals surface area contributed by atoms with E-state index in [9.17, 15) is 9.59 Å². The number of aromatic nitrogens is 4. The van der Waals surface area contributed by atoms with Crippen LogP contribution in [0.1, 0.15) is 37.0 Å². The maximum atomic E-state index is 13.3. The highest BCUT2D eigenvalue weighted by Gasteiger charge is 2.30. The number of thiazole rings is 1. The van der Waals surface area contributed by atoms with Gasteiger partial charge in [-0.1, -0.05) is 22.9 Å². The summed E-state index contributed by atoms with van der Waals surface area (Å²) in [4.78, 5) is 46.1. The molecule has 0 fully saturated rings. The molecule has 5 heterocycles. The quantitative estimate of drug-likeness (QED) is 0.324. The van der Waals surface area contributed by atoms with Gasteiger partial charge in [0, 0.05) is 29.1 Å². The van der Waals surface area contributed by atoms with Crippen LogP contribution in [0.5, 0.6) is 17.5 Å². The third-order valence-electron chi connectivity index (χ3n) is 6.06. The van der Waals surface area contributed by atoms with Crippen LogP contribution in [0.4, 0.5) is 5.13 Å². The summed E-state index contributed by atoms with van der Waals surface area (Å²) < 4.78 is 15.8. The SMILES string of the molecule is COc1ccc(C(=O)N2Cc3nc(NC(=O)c4cnc(C)cc4-c4cc(Cl)ncc4OC)sc3C2)c(OC)n1. The Bertz CT molecular complexity index is 1570. The van der Waals surface area contributed by atoms with Gasteiger partial charge in [-0.15, -0.1) is 0 Å². The molecule has 39 heavy (non-hydrogen) atoms. The molecule has 5 rings (SSSR count). The molecule has 0 aliphatic carbocycles. The molecule has 0 atom stereocenters. The van der Waals surface area contributed by atoms with E-state index in [1.807, 2.05) is 6.92 Å².